The lowest BCUT2D eigenvalue weighted by Gasteiger charge is -2.09. The Bertz CT molecular complexity index is 1180. The maximum absolute atomic E-state index is 12.5. The lowest BCUT2D eigenvalue weighted by atomic mass is 10.1. The van der Waals surface area contributed by atoms with Crippen LogP contribution in [0, 0.1) is 6.92 Å². The average Bonchev–Trinajstić information content (AvgIpc) is 2.63. The van der Waals surface area contributed by atoms with Crippen LogP contribution in [0.2, 0.25) is 0 Å². The molecule has 0 radical (unpaired) electrons. The van der Waals surface area contributed by atoms with Gasteiger partial charge in [0.05, 0.1) is 16.8 Å². The fraction of sp³-hybridized carbons (Fsp3) is 0.0500. The van der Waals surface area contributed by atoms with Gasteiger partial charge in [0, 0.05) is 5.56 Å². The van der Waals surface area contributed by atoms with Crippen LogP contribution in [0.5, 0.6) is 5.75 Å². The first kappa shape index (κ1) is 15.8. The number of hydrogen-bond acceptors (Lipinski definition) is 6. The van der Waals surface area contributed by atoms with Gasteiger partial charge in [0.1, 0.15) is 16.9 Å². The Morgan fingerprint density at radius 1 is 1.00 bits per heavy atom. The highest BCUT2D eigenvalue weighted by atomic mass is 16.4. The smallest absolute Gasteiger partial charge is 0.349 e. The fourth-order valence-corrected chi connectivity index (χ4v) is 2.88. The van der Waals surface area contributed by atoms with Crippen LogP contribution in [-0.2, 0) is 0 Å². The van der Waals surface area contributed by atoms with Crippen LogP contribution in [0.15, 0.2) is 63.8 Å². The second-order valence-corrected chi connectivity index (χ2v) is 5.98. The Labute approximate surface area is 148 Å². The Morgan fingerprint density at radius 2 is 1.73 bits per heavy atom. The molecule has 0 saturated carbocycles. The molecule has 0 fully saturated rings. The van der Waals surface area contributed by atoms with Gasteiger partial charge in [-0.3, -0.25) is 0 Å². The molecule has 6 nitrogen and oxygen atoms in total. The number of nitrogen functional groups attached to an aromatic ring is 1. The van der Waals surface area contributed by atoms with Crippen molar-refractivity contribution in [3.05, 3.63) is 70.6 Å². The van der Waals surface area contributed by atoms with Gasteiger partial charge in [-0.1, -0.05) is 42.0 Å². The van der Waals surface area contributed by atoms with Crippen molar-refractivity contribution >= 4 is 16.9 Å². The molecule has 6 heteroatoms. The molecule has 4 rings (SSSR count). The normalized spacial score (nSPS) is 11.0. The number of nitrogens with zero attached hydrogens (tertiary/aromatic N) is 2. The summed E-state index contributed by atoms with van der Waals surface area (Å²) in [5.41, 5.74) is 7.95. The average molecular weight is 345 g/mol. The molecule has 0 unspecified atom stereocenters. The number of fused-ring (bicyclic) bond motifs is 1. The van der Waals surface area contributed by atoms with E-state index in [-0.39, 0.29) is 23.0 Å². The van der Waals surface area contributed by atoms with Crippen LogP contribution < -0.4 is 11.4 Å². The zero-order chi connectivity index (χ0) is 18.3. The Hall–Kier alpha value is -3.67. The summed E-state index contributed by atoms with van der Waals surface area (Å²) < 4.78 is 5.35. The minimum Gasteiger partial charge on any atom is -0.506 e. The largest absolute Gasteiger partial charge is 0.506 e. The quantitative estimate of drug-likeness (QED) is 0.539. The van der Waals surface area contributed by atoms with E-state index in [0.29, 0.717) is 16.7 Å². The zero-order valence-corrected chi connectivity index (χ0v) is 13.9. The van der Waals surface area contributed by atoms with Crippen molar-refractivity contribution in [2.75, 3.05) is 5.73 Å². The van der Waals surface area contributed by atoms with Crippen molar-refractivity contribution in [2.45, 2.75) is 6.92 Å². The van der Waals surface area contributed by atoms with Gasteiger partial charge < -0.3 is 15.3 Å². The summed E-state index contributed by atoms with van der Waals surface area (Å²) in [5.74, 6) is -0.179. The number of aromatic nitrogens is 2. The molecule has 0 aliphatic rings. The highest BCUT2D eigenvalue weighted by Crippen LogP contribution is 2.34. The van der Waals surface area contributed by atoms with Crippen molar-refractivity contribution in [3.8, 4) is 28.3 Å². The van der Waals surface area contributed by atoms with Crippen molar-refractivity contribution in [3.63, 3.8) is 0 Å². The molecule has 4 aromatic rings. The Kier molecular flexibility index (Phi) is 3.65. The van der Waals surface area contributed by atoms with Crippen LogP contribution in [0.1, 0.15) is 5.56 Å². The maximum Gasteiger partial charge on any atom is 0.349 e. The predicted molar refractivity (Wildman–Crippen MR) is 99.8 cm³/mol. The third-order valence-corrected chi connectivity index (χ3v) is 4.10. The molecule has 0 saturated heterocycles. The molecule has 0 atom stereocenters. The molecule has 128 valence electrons. The lowest BCUT2D eigenvalue weighted by molar-refractivity contribution is 0.471. The van der Waals surface area contributed by atoms with Gasteiger partial charge in [-0.15, -0.1) is 0 Å². The molecule has 0 spiro atoms. The number of aryl methyl sites for hydroxylation is 1. The van der Waals surface area contributed by atoms with E-state index in [1.54, 1.807) is 24.3 Å². The maximum atomic E-state index is 12.5. The van der Waals surface area contributed by atoms with Crippen LogP contribution in [0.4, 0.5) is 5.95 Å². The van der Waals surface area contributed by atoms with E-state index in [4.69, 9.17) is 10.2 Å². The topological polar surface area (TPSA) is 102 Å². The van der Waals surface area contributed by atoms with Gasteiger partial charge in [-0.2, -0.15) is 0 Å². The molecule has 3 N–H and O–H groups in total. The molecule has 0 bridgehead atoms. The molecular weight excluding hydrogens is 330 g/mol. The van der Waals surface area contributed by atoms with E-state index < -0.39 is 5.63 Å². The first-order valence-corrected chi connectivity index (χ1v) is 8.00. The van der Waals surface area contributed by atoms with Crippen molar-refractivity contribution in [2.24, 2.45) is 0 Å². The SMILES string of the molecule is Cc1ccc2oc(=O)c(-c3cc(-c4ccccc4)nc(N)n3)c(O)c2c1. The molecule has 0 amide bonds. The molecule has 2 aromatic heterocycles. The molecular formula is C20H15N3O3. The molecule has 0 aliphatic heterocycles. The predicted octanol–water partition coefficient (Wildman–Crippen LogP) is 3.51. The van der Waals surface area contributed by atoms with E-state index in [1.807, 2.05) is 37.3 Å². The number of rotatable bonds is 2. The number of anilines is 1. The summed E-state index contributed by atoms with van der Waals surface area (Å²) in [6, 6.07) is 16.2. The summed E-state index contributed by atoms with van der Waals surface area (Å²) in [4.78, 5) is 20.8. The van der Waals surface area contributed by atoms with E-state index in [1.165, 1.54) is 0 Å². The minimum absolute atomic E-state index is 0.00416. The standard InChI is InChI=1S/C20H15N3O3/c1-11-7-8-16-13(9-11)18(24)17(19(25)26-16)15-10-14(22-20(21)23-15)12-5-3-2-4-6-12/h2-10,24H,1H3,(H2,21,22,23). The van der Waals surface area contributed by atoms with Gasteiger partial charge in [0.25, 0.3) is 0 Å². The highest BCUT2D eigenvalue weighted by Gasteiger charge is 2.19. The second-order valence-electron chi connectivity index (χ2n) is 5.98. The first-order chi connectivity index (χ1) is 12.5. The fourth-order valence-electron chi connectivity index (χ4n) is 2.88. The highest BCUT2D eigenvalue weighted by molar-refractivity contribution is 5.90. The molecule has 26 heavy (non-hydrogen) atoms. The summed E-state index contributed by atoms with van der Waals surface area (Å²) in [6.07, 6.45) is 0. The summed E-state index contributed by atoms with van der Waals surface area (Å²) in [5, 5.41) is 11.1. The van der Waals surface area contributed by atoms with Crippen LogP contribution in [-0.4, -0.2) is 15.1 Å². The van der Waals surface area contributed by atoms with E-state index in [9.17, 15) is 9.90 Å². The Morgan fingerprint density at radius 3 is 2.50 bits per heavy atom. The third-order valence-electron chi connectivity index (χ3n) is 4.10. The van der Waals surface area contributed by atoms with E-state index >= 15 is 0 Å². The van der Waals surface area contributed by atoms with Gasteiger partial charge in [0.15, 0.2) is 0 Å². The zero-order valence-electron chi connectivity index (χ0n) is 13.9. The number of hydrogen-bond donors (Lipinski definition) is 2. The Balaban J connectivity index is 1.99. The third kappa shape index (κ3) is 2.67. The molecule has 2 heterocycles. The van der Waals surface area contributed by atoms with E-state index in [0.717, 1.165) is 11.1 Å². The van der Waals surface area contributed by atoms with Gasteiger partial charge in [-0.05, 0) is 25.1 Å². The summed E-state index contributed by atoms with van der Waals surface area (Å²) in [6.45, 7) is 1.89. The van der Waals surface area contributed by atoms with Crippen molar-refractivity contribution < 1.29 is 9.52 Å². The number of nitrogens with two attached hydrogens (primary N) is 1. The van der Waals surface area contributed by atoms with E-state index in [2.05, 4.69) is 9.97 Å². The number of aromatic hydroxyl groups is 1. The lowest BCUT2D eigenvalue weighted by Crippen LogP contribution is -2.07. The van der Waals surface area contributed by atoms with Gasteiger partial charge >= 0.3 is 5.63 Å². The molecule has 0 aliphatic carbocycles. The van der Waals surface area contributed by atoms with Crippen LogP contribution >= 0.6 is 0 Å². The van der Waals surface area contributed by atoms with Crippen molar-refractivity contribution in [1.29, 1.82) is 0 Å². The van der Waals surface area contributed by atoms with Crippen molar-refractivity contribution in [1.82, 2.24) is 9.97 Å². The minimum atomic E-state index is -0.684. The first-order valence-electron chi connectivity index (χ1n) is 8.00. The summed E-state index contributed by atoms with van der Waals surface area (Å²) in [7, 11) is 0. The van der Waals surface area contributed by atoms with Gasteiger partial charge in [-0.25, -0.2) is 14.8 Å². The van der Waals surface area contributed by atoms with Crippen LogP contribution in [0.25, 0.3) is 33.5 Å². The van der Waals surface area contributed by atoms with Gasteiger partial charge in [0.2, 0.25) is 5.95 Å². The number of benzene rings is 2. The molecule has 2 aromatic carbocycles. The summed E-state index contributed by atoms with van der Waals surface area (Å²) >= 11 is 0. The van der Waals surface area contributed by atoms with Crippen LogP contribution in [0.3, 0.4) is 0 Å². The second kappa shape index (κ2) is 6.00. The monoisotopic (exact) mass is 345 g/mol.